The van der Waals surface area contributed by atoms with Gasteiger partial charge in [-0.25, -0.2) is 9.78 Å². The van der Waals surface area contributed by atoms with Crippen molar-refractivity contribution in [1.29, 1.82) is 0 Å². The summed E-state index contributed by atoms with van der Waals surface area (Å²) in [7, 11) is 1.43. The van der Waals surface area contributed by atoms with Gasteiger partial charge in [-0.1, -0.05) is 0 Å². The van der Waals surface area contributed by atoms with E-state index in [-0.39, 0.29) is 12.0 Å². The van der Waals surface area contributed by atoms with Gasteiger partial charge in [0.05, 0.1) is 12.8 Å². The van der Waals surface area contributed by atoms with Crippen LogP contribution in [-0.4, -0.2) is 22.6 Å². The van der Waals surface area contributed by atoms with Crippen molar-refractivity contribution in [3.8, 4) is 0 Å². The fourth-order valence-corrected chi connectivity index (χ4v) is 2.49. The number of carbonyl (C=O) groups is 1. The SMILES string of the molecule is COC(=O)C(C)n1c(C)nc2c1CCCC2. The lowest BCUT2D eigenvalue weighted by atomic mass is 10.0. The van der Waals surface area contributed by atoms with Gasteiger partial charge in [-0.3, -0.25) is 0 Å². The normalized spacial score (nSPS) is 16.7. The highest BCUT2D eigenvalue weighted by Gasteiger charge is 2.24. The van der Waals surface area contributed by atoms with Crippen molar-refractivity contribution in [3.63, 3.8) is 0 Å². The Kier molecular flexibility index (Phi) is 2.99. The van der Waals surface area contributed by atoms with Gasteiger partial charge in [0.25, 0.3) is 0 Å². The molecule has 4 heteroatoms. The molecule has 0 bridgehead atoms. The van der Waals surface area contributed by atoms with Crippen LogP contribution in [0.1, 0.15) is 43.0 Å². The second kappa shape index (κ2) is 4.28. The zero-order chi connectivity index (χ0) is 11.7. The summed E-state index contributed by atoms with van der Waals surface area (Å²) in [4.78, 5) is 16.1. The third-order valence-corrected chi connectivity index (χ3v) is 3.28. The number of methoxy groups -OCH3 is 1. The number of rotatable bonds is 2. The maximum absolute atomic E-state index is 11.6. The van der Waals surface area contributed by atoms with E-state index in [1.165, 1.54) is 31.3 Å². The molecule has 0 N–H and O–H groups in total. The first kappa shape index (κ1) is 11.2. The number of esters is 1. The highest BCUT2D eigenvalue weighted by atomic mass is 16.5. The summed E-state index contributed by atoms with van der Waals surface area (Å²) in [5, 5.41) is 0. The zero-order valence-corrected chi connectivity index (χ0v) is 10.1. The number of imidazole rings is 1. The van der Waals surface area contributed by atoms with Gasteiger partial charge in [0.15, 0.2) is 0 Å². The van der Waals surface area contributed by atoms with Crippen LogP contribution >= 0.6 is 0 Å². The number of ether oxygens (including phenoxy) is 1. The Labute approximate surface area is 95.6 Å². The van der Waals surface area contributed by atoms with E-state index in [4.69, 9.17) is 4.74 Å². The van der Waals surface area contributed by atoms with Gasteiger partial charge in [0, 0.05) is 5.69 Å². The molecule has 0 aliphatic heterocycles. The van der Waals surface area contributed by atoms with Gasteiger partial charge in [-0.05, 0) is 39.5 Å². The average Bonchev–Trinajstić information content (AvgIpc) is 2.63. The predicted octanol–water partition coefficient (Wildman–Crippen LogP) is 1.80. The average molecular weight is 222 g/mol. The summed E-state index contributed by atoms with van der Waals surface area (Å²) in [5.41, 5.74) is 2.39. The van der Waals surface area contributed by atoms with Crippen LogP contribution in [0.15, 0.2) is 0 Å². The monoisotopic (exact) mass is 222 g/mol. The molecule has 0 saturated carbocycles. The molecule has 88 valence electrons. The van der Waals surface area contributed by atoms with Gasteiger partial charge in [-0.15, -0.1) is 0 Å². The molecule has 1 aromatic rings. The molecule has 0 fully saturated rings. The van der Waals surface area contributed by atoms with E-state index in [0.29, 0.717) is 0 Å². The second-order valence-electron chi connectivity index (χ2n) is 4.33. The molecule has 0 aromatic carbocycles. The van der Waals surface area contributed by atoms with Crippen molar-refractivity contribution in [2.45, 2.75) is 45.6 Å². The molecule has 1 unspecified atom stereocenters. The molecule has 1 aromatic heterocycles. The second-order valence-corrected chi connectivity index (χ2v) is 4.33. The van der Waals surface area contributed by atoms with Gasteiger partial charge in [-0.2, -0.15) is 0 Å². The highest BCUT2D eigenvalue weighted by Crippen LogP contribution is 2.25. The number of hydrogen-bond acceptors (Lipinski definition) is 3. The maximum atomic E-state index is 11.6. The Morgan fingerprint density at radius 3 is 2.81 bits per heavy atom. The molecule has 1 aliphatic carbocycles. The largest absolute Gasteiger partial charge is 0.467 e. The van der Waals surface area contributed by atoms with Gasteiger partial charge in [0.2, 0.25) is 0 Å². The molecule has 0 amide bonds. The number of aromatic nitrogens is 2. The van der Waals surface area contributed by atoms with Crippen molar-refractivity contribution in [1.82, 2.24) is 9.55 Å². The first-order valence-corrected chi connectivity index (χ1v) is 5.79. The fourth-order valence-electron chi connectivity index (χ4n) is 2.49. The van der Waals surface area contributed by atoms with E-state index in [2.05, 4.69) is 4.98 Å². The smallest absolute Gasteiger partial charge is 0.328 e. The van der Waals surface area contributed by atoms with E-state index in [0.717, 1.165) is 18.7 Å². The van der Waals surface area contributed by atoms with Crippen LogP contribution < -0.4 is 0 Å². The van der Waals surface area contributed by atoms with Crippen LogP contribution in [0.3, 0.4) is 0 Å². The highest BCUT2D eigenvalue weighted by molar-refractivity contribution is 5.73. The summed E-state index contributed by atoms with van der Waals surface area (Å²) in [5.74, 6) is 0.721. The summed E-state index contributed by atoms with van der Waals surface area (Å²) in [6, 6.07) is -0.264. The molecule has 0 saturated heterocycles. The molecule has 1 aliphatic rings. The Hall–Kier alpha value is -1.32. The van der Waals surface area contributed by atoms with E-state index in [1.807, 2.05) is 18.4 Å². The van der Waals surface area contributed by atoms with Crippen molar-refractivity contribution in [3.05, 3.63) is 17.2 Å². The van der Waals surface area contributed by atoms with E-state index >= 15 is 0 Å². The number of hydrogen-bond donors (Lipinski definition) is 0. The van der Waals surface area contributed by atoms with Crippen LogP contribution in [0.4, 0.5) is 0 Å². The summed E-state index contributed by atoms with van der Waals surface area (Å²) < 4.78 is 6.82. The number of carbonyl (C=O) groups excluding carboxylic acids is 1. The molecule has 0 spiro atoms. The lowest BCUT2D eigenvalue weighted by Gasteiger charge is -2.18. The number of nitrogens with zero attached hydrogens (tertiary/aromatic N) is 2. The lowest BCUT2D eigenvalue weighted by molar-refractivity contribution is -0.144. The first-order valence-electron chi connectivity index (χ1n) is 5.79. The first-order chi connectivity index (χ1) is 7.65. The topological polar surface area (TPSA) is 44.1 Å². The summed E-state index contributed by atoms with van der Waals surface area (Å²) >= 11 is 0. The fraction of sp³-hybridized carbons (Fsp3) is 0.667. The molecule has 1 atom stereocenters. The predicted molar refractivity (Wildman–Crippen MR) is 60.3 cm³/mol. The van der Waals surface area contributed by atoms with Crippen LogP contribution in [-0.2, 0) is 22.4 Å². The van der Waals surface area contributed by atoms with Gasteiger partial charge >= 0.3 is 5.97 Å². The Balaban J connectivity index is 2.39. The zero-order valence-electron chi connectivity index (χ0n) is 10.1. The molecule has 16 heavy (non-hydrogen) atoms. The summed E-state index contributed by atoms with van der Waals surface area (Å²) in [6.45, 7) is 3.83. The van der Waals surface area contributed by atoms with Crippen molar-refractivity contribution >= 4 is 5.97 Å². The number of fused-ring (bicyclic) bond motifs is 1. The lowest BCUT2D eigenvalue weighted by Crippen LogP contribution is -2.21. The van der Waals surface area contributed by atoms with Crippen LogP contribution in [0.2, 0.25) is 0 Å². The third kappa shape index (κ3) is 1.72. The van der Waals surface area contributed by atoms with Crippen molar-refractivity contribution in [2.75, 3.05) is 7.11 Å². The molecule has 2 rings (SSSR count). The van der Waals surface area contributed by atoms with Gasteiger partial charge in [0.1, 0.15) is 11.9 Å². The van der Waals surface area contributed by atoms with E-state index in [1.54, 1.807) is 0 Å². The van der Waals surface area contributed by atoms with Crippen LogP contribution in [0.5, 0.6) is 0 Å². The molecule has 0 radical (unpaired) electrons. The van der Waals surface area contributed by atoms with E-state index < -0.39 is 0 Å². The minimum Gasteiger partial charge on any atom is -0.467 e. The minimum atomic E-state index is -0.264. The standard InChI is InChI=1S/C12H18N2O2/c1-8(12(15)16-3)14-9(2)13-10-6-4-5-7-11(10)14/h8H,4-7H2,1-3H3. The third-order valence-electron chi connectivity index (χ3n) is 3.28. The Morgan fingerprint density at radius 2 is 2.12 bits per heavy atom. The molecule has 4 nitrogen and oxygen atoms in total. The number of aryl methyl sites for hydroxylation is 2. The van der Waals surface area contributed by atoms with Crippen molar-refractivity contribution < 1.29 is 9.53 Å². The Morgan fingerprint density at radius 1 is 1.44 bits per heavy atom. The van der Waals surface area contributed by atoms with Gasteiger partial charge < -0.3 is 9.30 Å². The maximum Gasteiger partial charge on any atom is 0.328 e. The minimum absolute atomic E-state index is 0.200. The molecular formula is C12H18N2O2. The molecular weight excluding hydrogens is 204 g/mol. The van der Waals surface area contributed by atoms with E-state index in [9.17, 15) is 4.79 Å². The van der Waals surface area contributed by atoms with Crippen LogP contribution in [0.25, 0.3) is 0 Å². The summed E-state index contributed by atoms with van der Waals surface area (Å²) in [6.07, 6.45) is 4.46. The van der Waals surface area contributed by atoms with Crippen LogP contribution in [0, 0.1) is 6.92 Å². The quantitative estimate of drug-likeness (QED) is 0.717. The molecule has 1 heterocycles. The van der Waals surface area contributed by atoms with Crippen molar-refractivity contribution in [2.24, 2.45) is 0 Å². The Bertz CT molecular complexity index is 409.